The van der Waals surface area contributed by atoms with Gasteiger partial charge in [-0.2, -0.15) is 0 Å². The van der Waals surface area contributed by atoms with Crippen LogP contribution in [-0.2, 0) is 23.1 Å². The highest BCUT2D eigenvalue weighted by Crippen LogP contribution is 2.16. The molecule has 2 aromatic rings. The zero-order valence-corrected chi connectivity index (χ0v) is 16.6. The lowest BCUT2D eigenvalue weighted by atomic mass is 10.2. The normalized spacial score (nSPS) is 11.9. The lowest BCUT2D eigenvalue weighted by molar-refractivity contribution is 0.476. The molecular formula is C18H23ClN4O2S. The standard InChI is InChI=1S/C18H23ClN4O2S/c1-20-18(23(2)13-15-6-4-5-7-17(15)19)21-12-14-8-10-16(11-9-14)22-26(3,24)25/h4-11,22H,12-13H2,1-3H3,(H,20,21). The number of guanidine groups is 1. The van der Waals surface area contributed by atoms with Crippen LogP contribution in [0.25, 0.3) is 0 Å². The molecule has 0 saturated carbocycles. The van der Waals surface area contributed by atoms with Gasteiger partial charge in [-0.1, -0.05) is 41.9 Å². The first-order valence-electron chi connectivity index (χ1n) is 8.00. The summed E-state index contributed by atoms with van der Waals surface area (Å²) in [6.07, 6.45) is 1.13. The minimum absolute atomic E-state index is 0.538. The molecule has 8 heteroatoms. The lowest BCUT2D eigenvalue weighted by Gasteiger charge is -2.22. The van der Waals surface area contributed by atoms with Gasteiger partial charge in [0.15, 0.2) is 5.96 Å². The van der Waals surface area contributed by atoms with Gasteiger partial charge < -0.3 is 10.2 Å². The second-order valence-electron chi connectivity index (χ2n) is 5.92. The molecule has 0 spiro atoms. The van der Waals surface area contributed by atoms with Crippen LogP contribution in [0.15, 0.2) is 53.5 Å². The van der Waals surface area contributed by atoms with Crippen LogP contribution < -0.4 is 10.0 Å². The summed E-state index contributed by atoms with van der Waals surface area (Å²) in [5, 5.41) is 4.01. The predicted octanol–water partition coefficient (Wildman–Crippen LogP) is 2.92. The van der Waals surface area contributed by atoms with E-state index in [0.29, 0.717) is 18.8 Å². The van der Waals surface area contributed by atoms with Gasteiger partial charge in [0.25, 0.3) is 0 Å². The summed E-state index contributed by atoms with van der Waals surface area (Å²) in [6, 6.07) is 14.9. The molecule has 0 bridgehead atoms. The fourth-order valence-electron chi connectivity index (χ4n) is 2.43. The summed E-state index contributed by atoms with van der Waals surface area (Å²) < 4.78 is 24.9. The average Bonchev–Trinajstić information content (AvgIpc) is 2.57. The Morgan fingerprint density at radius 3 is 2.38 bits per heavy atom. The Balaban J connectivity index is 1.95. The van der Waals surface area contributed by atoms with Crippen molar-refractivity contribution in [1.29, 1.82) is 0 Å². The van der Waals surface area contributed by atoms with E-state index in [-0.39, 0.29) is 0 Å². The molecule has 0 fully saturated rings. The molecule has 140 valence electrons. The molecule has 2 aromatic carbocycles. The molecule has 0 aromatic heterocycles. The van der Waals surface area contributed by atoms with Crippen LogP contribution in [0.4, 0.5) is 5.69 Å². The van der Waals surface area contributed by atoms with E-state index >= 15 is 0 Å². The number of sulfonamides is 1. The number of nitrogens with zero attached hydrogens (tertiary/aromatic N) is 2. The molecule has 2 rings (SSSR count). The summed E-state index contributed by atoms with van der Waals surface area (Å²) in [4.78, 5) is 6.28. The number of benzene rings is 2. The number of aliphatic imine (C=N–C) groups is 1. The van der Waals surface area contributed by atoms with E-state index in [0.717, 1.165) is 28.4 Å². The first kappa shape index (κ1) is 20.1. The van der Waals surface area contributed by atoms with E-state index < -0.39 is 10.0 Å². The van der Waals surface area contributed by atoms with E-state index in [9.17, 15) is 8.42 Å². The molecule has 26 heavy (non-hydrogen) atoms. The van der Waals surface area contributed by atoms with Gasteiger partial charge in [-0.15, -0.1) is 0 Å². The van der Waals surface area contributed by atoms with Gasteiger partial charge in [-0.25, -0.2) is 8.42 Å². The van der Waals surface area contributed by atoms with Crippen LogP contribution in [0, 0.1) is 0 Å². The highest BCUT2D eigenvalue weighted by Gasteiger charge is 2.09. The molecule has 0 aliphatic carbocycles. The van der Waals surface area contributed by atoms with Gasteiger partial charge in [0, 0.05) is 37.9 Å². The zero-order chi connectivity index (χ0) is 19.2. The molecule has 0 atom stereocenters. The predicted molar refractivity (Wildman–Crippen MR) is 108 cm³/mol. The van der Waals surface area contributed by atoms with Crippen molar-refractivity contribution in [2.75, 3.05) is 25.1 Å². The van der Waals surface area contributed by atoms with E-state index in [1.165, 1.54) is 0 Å². The van der Waals surface area contributed by atoms with Crippen LogP contribution in [0.5, 0.6) is 0 Å². The van der Waals surface area contributed by atoms with Gasteiger partial charge in [0.2, 0.25) is 10.0 Å². The molecule has 0 aliphatic rings. The fraction of sp³-hybridized carbons (Fsp3) is 0.278. The van der Waals surface area contributed by atoms with Crippen molar-refractivity contribution in [2.24, 2.45) is 4.99 Å². The number of halogens is 1. The van der Waals surface area contributed by atoms with E-state index in [1.54, 1.807) is 19.2 Å². The smallest absolute Gasteiger partial charge is 0.229 e. The maximum absolute atomic E-state index is 11.2. The summed E-state index contributed by atoms with van der Waals surface area (Å²) in [6.45, 7) is 1.20. The summed E-state index contributed by atoms with van der Waals surface area (Å²) in [5.41, 5.74) is 2.57. The number of nitrogens with one attached hydrogen (secondary N) is 2. The van der Waals surface area contributed by atoms with Crippen molar-refractivity contribution >= 4 is 33.3 Å². The third-order valence-corrected chi connectivity index (χ3v) is 4.62. The number of anilines is 1. The molecule has 2 N–H and O–H groups in total. The summed E-state index contributed by atoms with van der Waals surface area (Å²) >= 11 is 6.21. The van der Waals surface area contributed by atoms with Gasteiger partial charge >= 0.3 is 0 Å². The quantitative estimate of drug-likeness (QED) is 0.583. The minimum Gasteiger partial charge on any atom is -0.352 e. The molecule has 0 aliphatic heterocycles. The first-order valence-corrected chi connectivity index (χ1v) is 10.3. The first-order chi connectivity index (χ1) is 12.3. The van der Waals surface area contributed by atoms with Crippen molar-refractivity contribution in [2.45, 2.75) is 13.1 Å². The maximum atomic E-state index is 11.2. The van der Waals surface area contributed by atoms with Gasteiger partial charge in [0.05, 0.1) is 6.26 Å². The summed E-state index contributed by atoms with van der Waals surface area (Å²) in [5.74, 6) is 0.739. The molecule has 6 nitrogen and oxygen atoms in total. The maximum Gasteiger partial charge on any atom is 0.229 e. The Bertz CT molecular complexity index is 867. The number of hydrogen-bond acceptors (Lipinski definition) is 3. The van der Waals surface area contributed by atoms with Crippen molar-refractivity contribution in [3.05, 3.63) is 64.7 Å². The van der Waals surface area contributed by atoms with Crippen LogP contribution in [0.3, 0.4) is 0 Å². The topological polar surface area (TPSA) is 73.8 Å². The van der Waals surface area contributed by atoms with Gasteiger partial charge in [-0.3, -0.25) is 9.71 Å². The molecule has 0 heterocycles. The van der Waals surface area contributed by atoms with Crippen LogP contribution in [0.2, 0.25) is 5.02 Å². The Labute approximate surface area is 159 Å². The summed E-state index contributed by atoms with van der Waals surface area (Å²) in [7, 11) is 0.403. The second-order valence-corrected chi connectivity index (χ2v) is 8.08. The molecule has 0 amide bonds. The second kappa shape index (κ2) is 8.91. The highest BCUT2D eigenvalue weighted by atomic mass is 35.5. The van der Waals surface area contributed by atoms with Crippen molar-refractivity contribution in [3.8, 4) is 0 Å². The van der Waals surface area contributed by atoms with Crippen molar-refractivity contribution < 1.29 is 8.42 Å². The molecule has 0 radical (unpaired) electrons. The fourth-order valence-corrected chi connectivity index (χ4v) is 3.19. The van der Waals surface area contributed by atoms with E-state index in [4.69, 9.17) is 11.6 Å². The minimum atomic E-state index is -3.27. The van der Waals surface area contributed by atoms with Crippen molar-refractivity contribution in [1.82, 2.24) is 10.2 Å². The van der Waals surface area contributed by atoms with Gasteiger partial charge in [-0.05, 0) is 29.3 Å². The molecule has 0 unspecified atom stereocenters. The van der Waals surface area contributed by atoms with Crippen LogP contribution in [-0.4, -0.2) is 39.6 Å². The Morgan fingerprint density at radius 2 is 1.81 bits per heavy atom. The van der Waals surface area contributed by atoms with Crippen LogP contribution >= 0.6 is 11.6 Å². The monoisotopic (exact) mass is 394 g/mol. The van der Waals surface area contributed by atoms with E-state index in [2.05, 4.69) is 15.0 Å². The SMILES string of the molecule is CN=C(NCc1ccc(NS(C)(=O)=O)cc1)N(C)Cc1ccccc1Cl. The lowest BCUT2D eigenvalue weighted by Crippen LogP contribution is -2.38. The third-order valence-electron chi connectivity index (χ3n) is 3.65. The zero-order valence-electron chi connectivity index (χ0n) is 15.0. The molecule has 0 saturated heterocycles. The van der Waals surface area contributed by atoms with Crippen molar-refractivity contribution in [3.63, 3.8) is 0 Å². The number of rotatable bonds is 6. The highest BCUT2D eigenvalue weighted by molar-refractivity contribution is 7.92. The third kappa shape index (κ3) is 6.24. The van der Waals surface area contributed by atoms with Gasteiger partial charge in [0.1, 0.15) is 0 Å². The number of hydrogen-bond donors (Lipinski definition) is 2. The largest absolute Gasteiger partial charge is 0.352 e. The average molecular weight is 395 g/mol. The Morgan fingerprint density at radius 1 is 1.15 bits per heavy atom. The molecular weight excluding hydrogens is 372 g/mol. The Hall–Kier alpha value is -2.25. The van der Waals surface area contributed by atoms with Crippen LogP contribution in [0.1, 0.15) is 11.1 Å². The van der Waals surface area contributed by atoms with E-state index in [1.807, 2.05) is 48.3 Å². The Kier molecular flexibility index (Phi) is 6.88.